The lowest BCUT2D eigenvalue weighted by atomic mass is 10.2. The molecule has 0 N–H and O–H groups in total. The van der Waals surface area contributed by atoms with Crippen molar-refractivity contribution in [3.8, 4) is 0 Å². The van der Waals surface area contributed by atoms with Gasteiger partial charge >= 0.3 is 5.97 Å². The van der Waals surface area contributed by atoms with E-state index < -0.39 is 5.97 Å². The van der Waals surface area contributed by atoms with Gasteiger partial charge in [-0.3, -0.25) is 0 Å². The first-order chi connectivity index (χ1) is 7.22. The topological polar surface area (TPSA) is 65.0 Å². The van der Waals surface area contributed by atoms with Crippen LogP contribution in [0.5, 0.6) is 0 Å². The molecule has 0 saturated heterocycles. The number of carbonyl (C=O) groups excluding carboxylic acids is 1. The molecule has 6 heteroatoms. The normalized spacial score (nSPS) is 10.3. The largest absolute Gasteiger partial charge is 0.464 e. The maximum absolute atomic E-state index is 11.3. The highest BCUT2D eigenvalue weighted by Gasteiger charge is 2.13. The van der Waals surface area contributed by atoms with Crippen LogP contribution >= 0.6 is 11.6 Å². The highest BCUT2D eigenvalue weighted by Crippen LogP contribution is 2.16. The van der Waals surface area contributed by atoms with Gasteiger partial charge in [0.2, 0.25) is 0 Å². The summed E-state index contributed by atoms with van der Waals surface area (Å²) in [6, 6.07) is 3.20. The Hall–Kier alpha value is -1.75. The number of halogens is 1. The summed E-state index contributed by atoms with van der Waals surface area (Å²) in [6.45, 7) is 0. The van der Waals surface area contributed by atoms with Gasteiger partial charge in [0.25, 0.3) is 0 Å². The molecule has 0 atom stereocenters. The number of hydrogen-bond donors (Lipinski definition) is 0. The fourth-order valence-corrected chi connectivity index (χ4v) is 1.32. The standard InChI is InChI=1S/C9H6ClN3O2/c1-15-9(14)7-5-2-3-6(10)13-8(5)12-4-11-7/h2-4H,1H3. The Labute approximate surface area is 90.1 Å². The summed E-state index contributed by atoms with van der Waals surface area (Å²) in [5.41, 5.74) is 0.560. The Morgan fingerprint density at radius 3 is 2.93 bits per heavy atom. The predicted molar refractivity (Wildman–Crippen MR) is 53.7 cm³/mol. The molecule has 0 unspecified atom stereocenters. The van der Waals surface area contributed by atoms with Crippen LogP contribution in [0, 0.1) is 0 Å². The third-order valence-corrected chi connectivity index (χ3v) is 2.05. The van der Waals surface area contributed by atoms with E-state index in [0.717, 1.165) is 0 Å². The second kappa shape index (κ2) is 3.78. The number of methoxy groups -OCH3 is 1. The van der Waals surface area contributed by atoms with Crippen molar-refractivity contribution in [1.82, 2.24) is 15.0 Å². The molecule has 2 aromatic rings. The van der Waals surface area contributed by atoms with Crippen LogP contribution in [-0.2, 0) is 4.74 Å². The first-order valence-electron chi connectivity index (χ1n) is 4.08. The zero-order valence-electron chi connectivity index (χ0n) is 7.77. The Bertz CT molecular complexity index is 530. The number of nitrogens with zero attached hydrogens (tertiary/aromatic N) is 3. The lowest BCUT2D eigenvalue weighted by Crippen LogP contribution is -2.06. The van der Waals surface area contributed by atoms with Crippen LogP contribution in [0.2, 0.25) is 5.15 Å². The Morgan fingerprint density at radius 2 is 2.20 bits per heavy atom. The molecule has 2 aromatic heterocycles. The van der Waals surface area contributed by atoms with Crippen molar-refractivity contribution in [3.05, 3.63) is 29.3 Å². The first-order valence-corrected chi connectivity index (χ1v) is 4.45. The average molecular weight is 224 g/mol. The van der Waals surface area contributed by atoms with Gasteiger partial charge in [-0.05, 0) is 12.1 Å². The number of hydrogen-bond acceptors (Lipinski definition) is 5. The van der Waals surface area contributed by atoms with E-state index in [4.69, 9.17) is 11.6 Å². The zero-order chi connectivity index (χ0) is 10.8. The van der Waals surface area contributed by atoms with Crippen molar-refractivity contribution in [3.63, 3.8) is 0 Å². The highest BCUT2D eigenvalue weighted by atomic mass is 35.5. The molecule has 0 spiro atoms. The van der Waals surface area contributed by atoms with Crippen LogP contribution in [-0.4, -0.2) is 28.0 Å². The number of fused-ring (bicyclic) bond motifs is 1. The minimum atomic E-state index is -0.522. The van der Waals surface area contributed by atoms with Gasteiger partial charge in [0, 0.05) is 0 Å². The molecule has 76 valence electrons. The van der Waals surface area contributed by atoms with Crippen molar-refractivity contribution in [1.29, 1.82) is 0 Å². The molecule has 15 heavy (non-hydrogen) atoms. The molecule has 0 aliphatic carbocycles. The first kappa shape index (κ1) is 9.79. The lowest BCUT2D eigenvalue weighted by Gasteiger charge is -2.01. The molecule has 0 amide bonds. The van der Waals surface area contributed by atoms with E-state index in [1.54, 1.807) is 12.1 Å². The summed E-state index contributed by atoms with van der Waals surface area (Å²) in [5, 5.41) is 0.839. The number of esters is 1. The van der Waals surface area contributed by atoms with Crippen LogP contribution in [0.25, 0.3) is 11.0 Å². The molecule has 0 bridgehead atoms. The second-order valence-electron chi connectivity index (χ2n) is 2.72. The molecule has 0 aliphatic heterocycles. The lowest BCUT2D eigenvalue weighted by molar-refractivity contribution is 0.0596. The van der Waals surface area contributed by atoms with Gasteiger partial charge < -0.3 is 4.74 Å². The maximum atomic E-state index is 11.3. The van der Waals surface area contributed by atoms with Gasteiger partial charge in [-0.25, -0.2) is 19.7 Å². The molecule has 5 nitrogen and oxygen atoms in total. The van der Waals surface area contributed by atoms with Gasteiger partial charge in [0.05, 0.1) is 12.5 Å². The van der Waals surface area contributed by atoms with Crippen molar-refractivity contribution < 1.29 is 9.53 Å². The molecule has 0 aromatic carbocycles. The van der Waals surface area contributed by atoms with Gasteiger partial charge in [-0.1, -0.05) is 11.6 Å². The van der Waals surface area contributed by atoms with Crippen LogP contribution in [0.4, 0.5) is 0 Å². The number of rotatable bonds is 1. The van der Waals surface area contributed by atoms with Crippen molar-refractivity contribution >= 4 is 28.6 Å². The molecule has 0 saturated carbocycles. The van der Waals surface area contributed by atoms with Crippen LogP contribution in [0.1, 0.15) is 10.5 Å². The smallest absolute Gasteiger partial charge is 0.357 e. The molecular weight excluding hydrogens is 218 g/mol. The van der Waals surface area contributed by atoms with E-state index >= 15 is 0 Å². The van der Waals surface area contributed by atoms with E-state index in [-0.39, 0.29) is 5.69 Å². The molecular formula is C9H6ClN3O2. The van der Waals surface area contributed by atoms with E-state index in [1.165, 1.54) is 13.4 Å². The number of aromatic nitrogens is 3. The van der Waals surface area contributed by atoms with Crippen molar-refractivity contribution in [2.75, 3.05) is 7.11 Å². The quantitative estimate of drug-likeness (QED) is 0.541. The Balaban J connectivity index is 2.71. The molecule has 0 aliphatic rings. The van der Waals surface area contributed by atoms with Crippen molar-refractivity contribution in [2.24, 2.45) is 0 Å². The van der Waals surface area contributed by atoms with Crippen LogP contribution in [0.3, 0.4) is 0 Å². The van der Waals surface area contributed by atoms with Crippen LogP contribution < -0.4 is 0 Å². The molecule has 0 radical (unpaired) electrons. The van der Waals surface area contributed by atoms with E-state index in [0.29, 0.717) is 16.2 Å². The van der Waals surface area contributed by atoms with E-state index in [1.807, 2.05) is 0 Å². The summed E-state index contributed by atoms with van der Waals surface area (Å²) >= 11 is 5.70. The minimum absolute atomic E-state index is 0.187. The van der Waals surface area contributed by atoms with E-state index in [2.05, 4.69) is 19.7 Å². The summed E-state index contributed by atoms with van der Waals surface area (Å²) in [4.78, 5) is 23.0. The molecule has 2 rings (SSSR count). The number of ether oxygens (including phenoxy) is 1. The maximum Gasteiger partial charge on any atom is 0.357 e. The summed E-state index contributed by atoms with van der Waals surface area (Å²) in [7, 11) is 1.29. The Morgan fingerprint density at radius 1 is 1.40 bits per heavy atom. The average Bonchev–Trinajstić information content (AvgIpc) is 2.26. The SMILES string of the molecule is COC(=O)c1ncnc2nc(Cl)ccc12. The predicted octanol–water partition coefficient (Wildman–Crippen LogP) is 1.46. The van der Waals surface area contributed by atoms with Gasteiger partial charge in [-0.2, -0.15) is 0 Å². The number of carbonyl (C=O) groups is 1. The highest BCUT2D eigenvalue weighted by molar-refractivity contribution is 6.29. The third kappa shape index (κ3) is 1.73. The van der Waals surface area contributed by atoms with Gasteiger partial charge in [0.1, 0.15) is 11.5 Å². The fourth-order valence-electron chi connectivity index (χ4n) is 1.18. The van der Waals surface area contributed by atoms with Gasteiger partial charge in [0.15, 0.2) is 11.3 Å². The monoisotopic (exact) mass is 223 g/mol. The Kier molecular flexibility index (Phi) is 2.47. The van der Waals surface area contributed by atoms with Crippen LogP contribution in [0.15, 0.2) is 18.5 Å². The zero-order valence-corrected chi connectivity index (χ0v) is 8.52. The summed E-state index contributed by atoms with van der Waals surface area (Å²) in [6.07, 6.45) is 1.25. The molecule has 0 fully saturated rings. The molecule has 2 heterocycles. The van der Waals surface area contributed by atoms with Crippen molar-refractivity contribution in [2.45, 2.75) is 0 Å². The van der Waals surface area contributed by atoms with E-state index in [9.17, 15) is 4.79 Å². The summed E-state index contributed by atoms with van der Waals surface area (Å²) < 4.78 is 4.58. The fraction of sp³-hybridized carbons (Fsp3) is 0.111. The summed E-state index contributed by atoms with van der Waals surface area (Å²) in [5.74, 6) is -0.522. The second-order valence-corrected chi connectivity index (χ2v) is 3.11. The third-order valence-electron chi connectivity index (χ3n) is 1.84. The minimum Gasteiger partial charge on any atom is -0.464 e. The number of pyridine rings is 1. The van der Waals surface area contributed by atoms with Gasteiger partial charge in [-0.15, -0.1) is 0 Å².